The lowest BCUT2D eigenvalue weighted by atomic mass is 10.1. The molecule has 4 aromatic rings. The minimum Gasteiger partial charge on any atom is -0.441 e. The van der Waals surface area contributed by atoms with Crippen molar-refractivity contribution in [2.24, 2.45) is 0 Å². The Morgan fingerprint density at radius 2 is 1.82 bits per heavy atom. The van der Waals surface area contributed by atoms with Gasteiger partial charge in [-0.25, -0.2) is 19.9 Å². The molecular formula is C21H19N5O2. The first kappa shape index (κ1) is 15.9. The van der Waals surface area contributed by atoms with Gasteiger partial charge in [-0.3, -0.25) is 0 Å². The second-order valence-corrected chi connectivity index (χ2v) is 7.55. The van der Waals surface area contributed by atoms with Gasteiger partial charge in [0.25, 0.3) is 0 Å². The van der Waals surface area contributed by atoms with Gasteiger partial charge in [-0.2, -0.15) is 0 Å². The molecule has 2 unspecified atom stereocenters. The Hall–Kier alpha value is -3.06. The maximum Gasteiger partial charge on any atom is 0.192 e. The predicted molar refractivity (Wildman–Crippen MR) is 105 cm³/mol. The molecule has 0 N–H and O–H groups in total. The molecule has 0 amide bonds. The molecule has 2 bridgehead atoms. The number of oxazole rings is 1. The van der Waals surface area contributed by atoms with Crippen LogP contribution in [0.2, 0.25) is 0 Å². The summed E-state index contributed by atoms with van der Waals surface area (Å²) in [4.78, 5) is 20.9. The quantitative estimate of drug-likeness (QED) is 0.532. The summed E-state index contributed by atoms with van der Waals surface area (Å²) in [6.07, 6.45) is 4.74. The second kappa shape index (κ2) is 5.97. The fourth-order valence-corrected chi connectivity index (χ4v) is 4.21. The zero-order chi connectivity index (χ0) is 18.7. The van der Waals surface area contributed by atoms with Crippen molar-refractivity contribution in [3.05, 3.63) is 42.4 Å². The second-order valence-electron chi connectivity index (χ2n) is 7.55. The highest BCUT2D eigenvalue weighted by atomic mass is 16.5. The van der Waals surface area contributed by atoms with Crippen LogP contribution >= 0.6 is 0 Å². The maximum atomic E-state index is 5.93. The summed E-state index contributed by atoms with van der Waals surface area (Å²) < 4.78 is 11.5. The van der Waals surface area contributed by atoms with Crippen LogP contribution in [0.5, 0.6) is 0 Å². The highest BCUT2D eigenvalue weighted by molar-refractivity contribution is 5.81. The van der Waals surface area contributed by atoms with Crippen molar-refractivity contribution in [1.82, 2.24) is 19.9 Å². The molecule has 3 aromatic heterocycles. The molecule has 140 valence electrons. The van der Waals surface area contributed by atoms with Crippen molar-refractivity contribution in [3.8, 4) is 11.3 Å². The number of anilines is 1. The van der Waals surface area contributed by atoms with Gasteiger partial charge in [0.15, 0.2) is 17.1 Å². The first-order chi connectivity index (χ1) is 13.7. The van der Waals surface area contributed by atoms with Gasteiger partial charge in [0.05, 0.1) is 24.1 Å². The molecule has 1 aromatic carbocycles. The number of rotatable bonds is 2. The fourth-order valence-electron chi connectivity index (χ4n) is 4.21. The zero-order valence-electron chi connectivity index (χ0n) is 15.5. The molecule has 0 saturated carbocycles. The molecule has 28 heavy (non-hydrogen) atoms. The number of morpholine rings is 1. The molecule has 2 atom stereocenters. The molecule has 2 aliphatic rings. The smallest absolute Gasteiger partial charge is 0.192 e. The van der Waals surface area contributed by atoms with Gasteiger partial charge in [0.1, 0.15) is 16.9 Å². The van der Waals surface area contributed by atoms with Crippen LogP contribution in [-0.2, 0) is 4.74 Å². The monoisotopic (exact) mass is 373 g/mol. The van der Waals surface area contributed by atoms with Crippen LogP contribution in [0.3, 0.4) is 0 Å². The Balaban J connectivity index is 1.39. The zero-order valence-corrected chi connectivity index (χ0v) is 15.5. The number of nitrogens with zero attached hydrogens (tertiary/aromatic N) is 5. The van der Waals surface area contributed by atoms with Crippen molar-refractivity contribution in [2.75, 3.05) is 18.0 Å². The standard InChI is InChI=1S/C21H19N5O2/c1-12-23-18-8-13(2-7-19(18)27-12)16-5-6-17-21(24-16)25-20(9-22-17)26-10-14-3-4-15(11-26)28-14/h2,5-9,14-15H,3-4,10-11H2,1H3. The van der Waals surface area contributed by atoms with E-state index in [-0.39, 0.29) is 0 Å². The SMILES string of the molecule is Cc1nc2cc(-c3ccc4ncc(N5CC6CCC(C5)O6)nc4n3)ccc2o1. The van der Waals surface area contributed by atoms with E-state index in [1.165, 1.54) is 0 Å². The lowest BCUT2D eigenvalue weighted by molar-refractivity contribution is 0.0302. The summed E-state index contributed by atoms with van der Waals surface area (Å²) in [7, 11) is 0. The molecule has 2 fully saturated rings. The fraction of sp³-hybridized carbons (Fsp3) is 0.333. The Bertz CT molecular complexity index is 1190. The summed E-state index contributed by atoms with van der Waals surface area (Å²) in [5.74, 6) is 1.54. The predicted octanol–water partition coefficient (Wildman–Crippen LogP) is 3.51. The maximum absolute atomic E-state index is 5.93. The van der Waals surface area contributed by atoms with E-state index in [2.05, 4.69) is 14.9 Å². The molecule has 2 saturated heterocycles. The van der Waals surface area contributed by atoms with Crippen LogP contribution in [0.1, 0.15) is 18.7 Å². The van der Waals surface area contributed by atoms with Crippen LogP contribution in [0.4, 0.5) is 5.82 Å². The Labute approximate surface area is 161 Å². The molecule has 0 aliphatic carbocycles. The largest absolute Gasteiger partial charge is 0.441 e. The van der Waals surface area contributed by atoms with E-state index in [1.54, 1.807) is 0 Å². The van der Waals surface area contributed by atoms with Gasteiger partial charge in [-0.05, 0) is 43.2 Å². The van der Waals surface area contributed by atoms with Crippen molar-refractivity contribution in [2.45, 2.75) is 32.0 Å². The van der Waals surface area contributed by atoms with Crippen molar-refractivity contribution in [1.29, 1.82) is 0 Å². The van der Waals surface area contributed by atoms with E-state index >= 15 is 0 Å². The van der Waals surface area contributed by atoms with Gasteiger partial charge in [-0.15, -0.1) is 0 Å². The minimum absolute atomic E-state index is 0.313. The average Bonchev–Trinajstić information content (AvgIpc) is 3.26. The van der Waals surface area contributed by atoms with Gasteiger partial charge in [0.2, 0.25) is 0 Å². The molecule has 2 aliphatic heterocycles. The Morgan fingerprint density at radius 1 is 0.964 bits per heavy atom. The van der Waals surface area contributed by atoms with Crippen LogP contribution in [-0.4, -0.2) is 45.2 Å². The number of aryl methyl sites for hydroxylation is 1. The van der Waals surface area contributed by atoms with Crippen LogP contribution in [0.25, 0.3) is 33.5 Å². The van der Waals surface area contributed by atoms with Crippen LogP contribution in [0.15, 0.2) is 40.9 Å². The summed E-state index contributed by atoms with van der Waals surface area (Å²) in [5, 5.41) is 0. The number of hydrogen-bond acceptors (Lipinski definition) is 7. The highest BCUT2D eigenvalue weighted by Crippen LogP contribution is 2.29. The minimum atomic E-state index is 0.313. The lowest BCUT2D eigenvalue weighted by Gasteiger charge is -2.32. The number of aromatic nitrogens is 4. The summed E-state index contributed by atoms with van der Waals surface area (Å²) in [5.41, 5.74) is 4.90. The van der Waals surface area contributed by atoms with E-state index in [0.29, 0.717) is 23.7 Å². The van der Waals surface area contributed by atoms with Gasteiger partial charge in [-0.1, -0.05) is 0 Å². The molecule has 7 heteroatoms. The van der Waals surface area contributed by atoms with Crippen molar-refractivity contribution < 1.29 is 9.15 Å². The number of ether oxygens (including phenoxy) is 1. The number of pyridine rings is 1. The highest BCUT2D eigenvalue weighted by Gasteiger charge is 2.34. The Morgan fingerprint density at radius 3 is 2.68 bits per heavy atom. The normalized spacial score (nSPS) is 21.7. The summed E-state index contributed by atoms with van der Waals surface area (Å²) in [6.45, 7) is 3.60. The van der Waals surface area contributed by atoms with Gasteiger partial charge < -0.3 is 14.1 Å². The molecule has 6 rings (SSSR count). The van der Waals surface area contributed by atoms with Gasteiger partial charge in [0, 0.05) is 25.6 Å². The first-order valence-corrected chi connectivity index (χ1v) is 9.63. The average molecular weight is 373 g/mol. The Kier molecular flexibility index (Phi) is 3.40. The lowest BCUT2D eigenvalue weighted by Crippen LogP contribution is -2.43. The van der Waals surface area contributed by atoms with Crippen molar-refractivity contribution in [3.63, 3.8) is 0 Å². The number of hydrogen-bond donors (Lipinski definition) is 0. The molecular weight excluding hydrogens is 354 g/mol. The first-order valence-electron chi connectivity index (χ1n) is 9.63. The summed E-state index contributed by atoms with van der Waals surface area (Å²) in [6, 6.07) is 9.87. The van der Waals surface area contributed by atoms with E-state index in [1.807, 2.05) is 43.5 Å². The van der Waals surface area contributed by atoms with E-state index in [9.17, 15) is 0 Å². The topological polar surface area (TPSA) is 77.2 Å². The van der Waals surface area contributed by atoms with Crippen LogP contribution in [0, 0.1) is 6.92 Å². The van der Waals surface area contributed by atoms with Gasteiger partial charge >= 0.3 is 0 Å². The molecule has 0 spiro atoms. The third kappa shape index (κ3) is 2.62. The third-order valence-electron chi connectivity index (χ3n) is 5.55. The van der Waals surface area contributed by atoms with E-state index in [0.717, 1.165) is 59.6 Å². The van der Waals surface area contributed by atoms with E-state index in [4.69, 9.17) is 19.1 Å². The van der Waals surface area contributed by atoms with Crippen LogP contribution < -0.4 is 4.90 Å². The third-order valence-corrected chi connectivity index (χ3v) is 5.55. The van der Waals surface area contributed by atoms with E-state index < -0.39 is 0 Å². The number of fused-ring (bicyclic) bond motifs is 4. The molecule has 0 radical (unpaired) electrons. The van der Waals surface area contributed by atoms with Crippen molar-refractivity contribution >= 4 is 28.1 Å². The molecule has 7 nitrogen and oxygen atoms in total. The summed E-state index contributed by atoms with van der Waals surface area (Å²) >= 11 is 0. The number of benzene rings is 1. The molecule has 5 heterocycles.